The molecule has 2 N–H and O–H groups in total. The van der Waals surface area contributed by atoms with Crippen molar-refractivity contribution >= 4 is 22.7 Å². The van der Waals surface area contributed by atoms with Gasteiger partial charge in [-0.05, 0) is 17.5 Å². The summed E-state index contributed by atoms with van der Waals surface area (Å²) in [5.41, 5.74) is 0.673. The predicted molar refractivity (Wildman–Crippen MR) is 87.4 cm³/mol. The second-order valence-corrected chi connectivity index (χ2v) is 6.26. The van der Waals surface area contributed by atoms with E-state index in [4.69, 9.17) is 0 Å². The SMILES string of the molecule is O=C(Cc1cc2ccccc2[nH]c1=O)N1CC(CNC(=O)C(F)(F)F)C1. The molecule has 9 heteroatoms. The molecule has 3 rings (SSSR count). The summed E-state index contributed by atoms with van der Waals surface area (Å²) in [4.78, 5) is 39.2. The van der Waals surface area contributed by atoms with Crippen LogP contribution in [0.15, 0.2) is 35.1 Å². The van der Waals surface area contributed by atoms with Crippen molar-refractivity contribution < 1.29 is 22.8 Å². The Bertz CT molecular complexity index is 901. The van der Waals surface area contributed by atoms with Crippen LogP contribution in [-0.4, -0.2) is 47.5 Å². The van der Waals surface area contributed by atoms with Crippen molar-refractivity contribution in [3.8, 4) is 0 Å². The lowest BCUT2D eigenvalue weighted by atomic mass is 9.98. The molecule has 1 fully saturated rings. The monoisotopic (exact) mass is 367 g/mol. The number of nitrogens with zero attached hydrogens (tertiary/aromatic N) is 1. The van der Waals surface area contributed by atoms with Crippen molar-refractivity contribution in [3.05, 3.63) is 46.2 Å². The van der Waals surface area contributed by atoms with E-state index >= 15 is 0 Å². The number of carbonyl (C=O) groups is 2. The molecule has 2 heterocycles. The largest absolute Gasteiger partial charge is 0.471 e. The number of pyridine rings is 1. The maximum Gasteiger partial charge on any atom is 0.471 e. The molecule has 26 heavy (non-hydrogen) atoms. The maximum atomic E-state index is 12.2. The van der Waals surface area contributed by atoms with E-state index in [0.29, 0.717) is 11.1 Å². The molecule has 1 saturated heterocycles. The Kier molecular flexibility index (Phi) is 4.71. The molecule has 1 aliphatic rings. The van der Waals surface area contributed by atoms with Gasteiger partial charge in [0.15, 0.2) is 0 Å². The molecule has 2 aromatic rings. The number of aromatic nitrogens is 1. The normalized spacial score (nSPS) is 15.0. The molecule has 1 aliphatic heterocycles. The zero-order chi connectivity index (χ0) is 18.9. The third-order valence-electron chi connectivity index (χ3n) is 4.29. The van der Waals surface area contributed by atoms with E-state index < -0.39 is 12.1 Å². The molecule has 2 amide bonds. The first-order valence-electron chi connectivity index (χ1n) is 7.98. The van der Waals surface area contributed by atoms with E-state index in [1.807, 2.05) is 12.1 Å². The van der Waals surface area contributed by atoms with E-state index in [2.05, 4.69) is 4.98 Å². The molecule has 0 aliphatic carbocycles. The van der Waals surface area contributed by atoms with E-state index in [1.54, 1.807) is 23.5 Å². The maximum absolute atomic E-state index is 12.2. The lowest BCUT2D eigenvalue weighted by molar-refractivity contribution is -0.174. The highest BCUT2D eigenvalue weighted by Crippen LogP contribution is 2.19. The highest BCUT2D eigenvalue weighted by Gasteiger charge is 2.39. The number of likely N-dealkylation sites (tertiary alicyclic amines) is 1. The van der Waals surface area contributed by atoms with E-state index in [0.717, 1.165) is 5.39 Å². The molecule has 0 atom stereocenters. The van der Waals surface area contributed by atoms with Gasteiger partial charge in [0.25, 0.3) is 5.56 Å². The fourth-order valence-corrected chi connectivity index (χ4v) is 2.84. The van der Waals surface area contributed by atoms with Gasteiger partial charge in [-0.1, -0.05) is 18.2 Å². The number of benzene rings is 1. The average Bonchev–Trinajstić information content (AvgIpc) is 2.53. The van der Waals surface area contributed by atoms with Gasteiger partial charge in [0, 0.05) is 36.6 Å². The number of carbonyl (C=O) groups excluding carboxylic acids is 2. The standard InChI is InChI=1S/C17H16F3N3O3/c18-17(19,20)16(26)21-7-10-8-23(9-10)14(24)6-12-5-11-3-1-2-4-13(11)22-15(12)25/h1-5,10H,6-9H2,(H,21,26)(H,22,25). The molecular formula is C17H16F3N3O3. The van der Waals surface area contributed by atoms with Crippen LogP contribution in [0.1, 0.15) is 5.56 Å². The second kappa shape index (κ2) is 6.81. The first kappa shape index (κ1) is 18.0. The summed E-state index contributed by atoms with van der Waals surface area (Å²) in [6.45, 7) is 0.365. The van der Waals surface area contributed by atoms with Crippen molar-refractivity contribution in [1.29, 1.82) is 0 Å². The van der Waals surface area contributed by atoms with Crippen LogP contribution in [0.4, 0.5) is 13.2 Å². The zero-order valence-electron chi connectivity index (χ0n) is 13.6. The van der Waals surface area contributed by atoms with Gasteiger partial charge < -0.3 is 15.2 Å². The Labute approximate surface area is 146 Å². The number of hydrogen-bond donors (Lipinski definition) is 2. The molecule has 0 unspecified atom stereocenters. The van der Waals surface area contributed by atoms with Gasteiger partial charge in [0.2, 0.25) is 5.91 Å². The third-order valence-corrected chi connectivity index (χ3v) is 4.29. The number of para-hydroxylation sites is 1. The van der Waals surface area contributed by atoms with Crippen molar-refractivity contribution in [2.24, 2.45) is 5.92 Å². The number of halogens is 3. The lowest BCUT2D eigenvalue weighted by Gasteiger charge is -2.39. The van der Waals surface area contributed by atoms with Gasteiger partial charge in [0.1, 0.15) is 0 Å². The topological polar surface area (TPSA) is 82.3 Å². The molecular weight excluding hydrogens is 351 g/mol. The van der Waals surface area contributed by atoms with Crippen LogP contribution in [0.25, 0.3) is 10.9 Å². The number of aromatic amines is 1. The van der Waals surface area contributed by atoms with Crippen LogP contribution in [0.5, 0.6) is 0 Å². The van der Waals surface area contributed by atoms with Crippen LogP contribution in [-0.2, 0) is 16.0 Å². The number of H-pyrrole nitrogens is 1. The molecule has 1 aromatic carbocycles. The van der Waals surface area contributed by atoms with Gasteiger partial charge in [-0.25, -0.2) is 0 Å². The molecule has 6 nitrogen and oxygen atoms in total. The summed E-state index contributed by atoms with van der Waals surface area (Å²) in [7, 11) is 0. The Morgan fingerprint density at radius 2 is 1.92 bits per heavy atom. The first-order valence-corrected chi connectivity index (χ1v) is 7.98. The smallest absolute Gasteiger partial charge is 0.348 e. The van der Waals surface area contributed by atoms with Gasteiger partial charge >= 0.3 is 12.1 Å². The molecule has 0 bridgehead atoms. The molecule has 0 radical (unpaired) electrons. The Morgan fingerprint density at radius 1 is 1.23 bits per heavy atom. The Hall–Kier alpha value is -2.84. The number of fused-ring (bicyclic) bond motifs is 1. The van der Waals surface area contributed by atoms with Crippen LogP contribution >= 0.6 is 0 Å². The van der Waals surface area contributed by atoms with Crippen LogP contribution in [0, 0.1) is 5.92 Å². The lowest BCUT2D eigenvalue weighted by Crippen LogP contribution is -2.55. The van der Waals surface area contributed by atoms with Crippen molar-refractivity contribution in [2.45, 2.75) is 12.6 Å². The van der Waals surface area contributed by atoms with E-state index in [-0.39, 0.29) is 43.4 Å². The number of amides is 2. The molecule has 1 aromatic heterocycles. The second-order valence-electron chi connectivity index (χ2n) is 6.26. The molecule has 138 valence electrons. The number of hydrogen-bond acceptors (Lipinski definition) is 3. The zero-order valence-corrected chi connectivity index (χ0v) is 13.6. The van der Waals surface area contributed by atoms with Crippen LogP contribution < -0.4 is 10.9 Å². The summed E-state index contributed by atoms with van der Waals surface area (Å²) < 4.78 is 36.3. The fraction of sp³-hybridized carbons (Fsp3) is 0.353. The minimum absolute atomic E-state index is 0.0815. The number of rotatable bonds is 4. The van der Waals surface area contributed by atoms with Gasteiger partial charge in [-0.2, -0.15) is 13.2 Å². The molecule has 0 spiro atoms. The highest BCUT2D eigenvalue weighted by atomic mass is 19.4. The Balaban J connectivity index is 1.54. The van der Waals surface area contributed by atoms with Crippen LogP contribution in [0.3, 0.4) is 0 Å². The minimum atomic E-state index is -4.91. The number of nitrogens with one attached hydrogen (secondary N) is 2. The number of alkyl halides is 3. The van der Waals surface area contributed by atoms with Gasteiger partial charge in [0.05, 0.1) is 6.42 Å². The van der Waals surface area contributed by atoms with Crippen molar-refractivity contribution in [2.75, 3.05) is 19.6 Å². The summed E-state index contributed by atoms with van der Waals surface area (Å²) in [5, 5.41) is 2.62. The van der Waals surface area contributed by atoms with Gasteiger partial charge in [-0.15, -0.1) is 0 Å². The van der Waals surface area contributed by atoms with Crippen molar-refractivity contribution in [3.63, 3.8) is 0 Å². The summed E-state index contributed by atoms with van der Waals surface area (Å²) in [6.07, 6.45) is -4.99. The van der Waals surface area contributed by atoms with Crippen LogP contribution in [0.2, 0.25) is 0 Å². The summed E-state index contributed by atoms with van der Waals surface area (Å²) in [6, 6.07) is 8.86. The average molecular weight is 367 g/mol. The minimum Gasteiger partial charge on any atom is -0.348 e. The third kappa shape index (κ3) is 3.87. The predicted octanol–water partition coefficient (Wildman–Crippen LogP) is 1.21. The quantitative estimate of drug-likeness (QED) is 0.852. The summed E-state index contributed by atoms with van der Waals surface area (Å²) >= 11 is 0. The molecule has 0 saturated carbocycles. The van der Waals surface area contributed by atoms with E-state index in [9.17, 15) is 27.6 Å². The Morgan fingerprint density at radius 3 is 2.62 bits per heavy atom. The summed E-state index contributed by atoms with van der Waals surface area (Å²) in [5.74, 6) is -2.48. The fourth-order valence-electron chi connectivity index (χ4n) is 2.84. The first-order chi connectivity index (χ1) is 12.2. The van der Waals surface area contributed by atoms with Gasteiger partial charge in [-0.3, -0.25) is 14.4 Å². The van der Waals surface area contributed by atoms with E-state index in [1.165, 1.54) is 4.90 Å². The van der Waals surface area contributed by atoms with Crippen molar-refractivity contribution in [1.82, 2.24) is 15.2 Å². The highest BCUT2D eigenvalue weighted by molar-refractivity contribution is 5.83.